The summed E-state index contributed by atoms with van der Waals surface area (Å²) in [5.74, 6) is -1.57. The Balaban J connectivity index is 2.01. The third kappa shape index (κ3) is 14.5. The minimum absolute atomic E-state index is 0.299. The SMILES string of the molecule is CCCCCCCCCCCCCCCCCC(=O)NC(c1ccccc1)P(=O)(O)O. The molecule has 0 saturated heterocycles. The van der Waals surface area contributed by atoms with Crippen LogP contribution in [0.5, 0.6) is 0 Å². The second-order valence-corrected chi connectivity index (χ2v) is 10.4. The molecule has 178 valence electrons. The third-order valence-electron chi connectivity index (χ3n) is 5.76. The van der Waals surface area contributed by atoms with Crippen LogP contribution in [-0.4, -0.2) is 15.7 Å². The van der Waals surface area contributed by atoms with Crippen LogP contribution in [0.15, 0.2) is 30.3 Å². The topological polar surface area (TPSA) is 86.6 Å². The maximum Gasteiger partial charge on any atom is 0.352 e. The van der Waals surface area contributed by atoms with E-state index in [2.05, 4.69) is 12.2 Å². The van der Waals surface area contributed by atoms with Crippen molar-refractivity contribution in [3.63, 3.8) is 0 Å². The van der Waals surface area contributed by atoms with Crippen molar-refractivity contribution >= 4 is 13.5 Å². The summed E-state index contributed by atoms with van der Waals surface area (Å²) in [4.78, 5) is 31.3. The maximum absolute atomic E-state index is 12.2. The predicted molar refractivity (Wildman–Crippen MR) is 129 cm³/mol. The van der Waals surface area contributed by atoms with E-state index in [4.69, 9.17) is 0 Å². The summed E-state index contributed by atoms with van der Waals surface area (Å²) >= 11 is 0. The van der Waals surface area contributed by atoms with E-state index < -0.39 is 13.4 Å². The number of unbranched alkanes of at least 4 members (excludes halogenated alkanes) is 14. The van der Waals surface area contributed by atoms with E-state index in [1.807, 2.05) is 0 Å². The van der Waals surface area contributed by atoms with Gasteiger partial charge in [0.05, 0.1) is 0 Å². The Labute approximate surface area is 189 Å². The van der Waals surface area contributed by atoms with Gasteiger partial charge in [0.1, 0.15) is 0 Å². The van der Waals surface area contributed by atoms with Crippen molar-refractivity contribution in [2.75, 3.05) is 0 Å². The van der Waals surface area contributed by atoms with Gasteiger partial charge in [-0.2, -0.15) is 0 Å². The van der Waals surface area contributed by atoms with E-state index in [1.165, 1.54) is 77.0 Å². The Morgan fingerprint density at radius 2 is 1.19 bits per heavy atom. The smallest absolute Gasteiger partial charge is 0.338 e. The lowest BCUT2D eigenvalue weighted by molar-refractivity contribution is -0.121. The third-order valence-corrected chi connectivity index (χ3v) is 6.86. The number of rotatable bonds is 19. The van der Waals surface area contributed by atoms with Crippen LogP contribution in [0.25, 0.3) is 0 Å². The first-order valence-electron chi connectivity index (χ1n) is 12.3. The Hall–Kier alpha value is -1.16. The second kappa shape index (κ2) is 17.4. The van der Waals surface area contributed by atoms with E-state index in [0.29, 0.717) is 12.0 Å². The van der Waals surface area contributed by atoms with Crippen molar-refractivity contribution < 1.29 is 19.1 Å². The minimum atomic E-state index is -4.46. The standard InChI is InChI=1S/C25H44NO4P/c1-2-3-4-5-6-7-8-9-10-11-12-13-14-15-19-22-24(27)26-25(31(28,29)30)23-20-17-16-18-21-23/h16-18,20-21,25H,2-15,19,22H2,1H3,(H,26,27)(H2,28,29,30). The summed E-state index contributed by atoms with van der Waals surface area (Å²) in [6.45, 7) is 2.26. The molecule has 0 aromatic heterocycles. The summed E-state index contributed by atoms with van der Waals surface area (Å²) in [5.41, 5.74) is 0.431. The molecular weight excluding hydrogens is 409 g/mol. The van der Waals surface area contributed by atoms with Gasteiger partial charge in [-0.15, -0.1) is 0 Å². The van der Waals surface area contributed by atoms with Crippen molar-refractivity contribution in [2.24, 2.45) is 0 Å². The lowest BCUT2D eigenvalue weighted by Gasteiger charge is -2.20. The van der Waals surface area contributed by atoms with E-state index >= 15 is 0 Å². The number of hydrogen-bond donors (Lipinski definition) is 3. The summed E-state index contributed by atoms with van der Waals surface area (Å²) in [5, 5.41) is 2.52. The highest BCUT2D eigenvalue weighted by atomic mass is 31.2. The normalized spacial score (nSPS) is 12.6. The van der Waals surface area contributed by atoms with Crippen molar-refractivity contribution in [1.29, 1.82) is 0 Å². The van der Waals surface area contributed by atoms with Crippen molar-refractivity contribution in [2.45, 2.75) is 115 Å². The number of hydrogen-bond acceptors (Lipinski definition) is 2. The van der Waals surface area contributed by atoms with E-state index in [1.54, 1.807) is 30.3 Å². The van der Waals surface area contributed by atoms with Crippen LogP contribution in [-0.2, 0) is 9.36 Å². The molecule has 0 heterocycles. The molecule has 1 unspecified atom stereocenters. The fourth-order valence-electron chi connectivity index (χ4n) is 3.88. The minimum Gasteiger partial charge on any atom is -0.338 e. The molecular formula is C25H44NO4P. The maximum atomic E-state index is 12.2. The van der Waals surface area contributed by atoms with Crippen molar-refractivity contribution in [3.8, 4) is 0 Å². The van der Waals surface area contributed by atoms with Crippen molar-refractivity contribution in [3.05, 3.63) is 35.9 Å². The van der Waals surface area contributed by atoms with Crippen LogP contribution in [0.4, 0.5) is 0 Å². The summed E-state index contributed by atoms with van der Waals surface area (Å²) < 4.78 is 11.8. The monoisotopic (exact) mass is 453 g/mol. The molecule has 0 aliphatic heterocycles. The molecule has 1 aromatic carbocycles. The molecule has 0 radical (unpaired) electrons. The van der Waals surface area contributed by atoms with E-state index in [0.717, 1.165) is 19.3 Å². The Morgan fingerprint density at radius 3 is 1.61 bits per heavy atom. The van der Waals surface area contributed by atoms with Crippen LogP contribution in [0.1, 0.15) is 121 Å². The van der Waals surface area contributed by atoms with Gasteiger partial charge in [0, 0.05) is 6.42 Å². The molecule has 31 heavy (non-hydrogen) atoms. The van der Waals surface area contributed by atoms with Gasteiger partial charge in [-0.1, -0.05) is 127 Å². The van der Waals surface area contributed by atoms with Gasteiger partial charge in [0.2, 0.25) is 5.91 Å². The van der Waals surface area contributed by atoms with Crippen LogP contribution >= 0.6 is 7.60 Å². The Bertz CT molecular complexity index is 617. The number of carbonyl (C=O) groups is 1. The van der Waals surface area contributed by atoms with Gasteiger partial charge >= 0.3 is 7.60 Å². The van der Waals surface area contributed by atoms with E-state index in [9.17, 15) is 19.1 Å². The van der Waals surface area contributed by atoms with Crippen molar-refractivity contribution in [1.82, 2.24) is 5.32 Å². The predicted octanol–water partition coefficient (Wildman–Crippen LogP) is 7.24. The van der Waals surface area contributed by atoms with Crippen LogP contribution in [0, 0.1) is 0 Å². The number of amides is 1. The van der Waals surface area contributed by atoms with E-state index in [-0.39, 0.29) is 5.91 Å². The Morgan fingerprint density at radius 1 is 0.774 bits per heavy atom. The molecule has 0 spiro atoms. The van der Waals surface area contributed by atoms with Gasteiger partial charge in [-0.05, 0) is 12.0 Å². The number of nitrogens with one attached hydrogen (secondary N) is 1. The Kier molecular flexibility index (Phi) is 15.6. The highest BCUT2D eigenvalue weighted by molar-refractivity contribution is 7.52. The molecule has 1 rings (SSSR count). The van der Waals surface area contributed by atoms with Gasteiger partial charge in [-0.25, -0.2) is 0 Å². The van der Waals surface area contributed by atoms with Gasteiger partial charge in [-0.3, -0.25) is 9.36 Å². The molecule has 1 atom stereocenters. The first kappa shape index (κ1) is 27.9. The molecule has 1 amide bonds. The lowest BCUT2D eigenvalue weighted by Crippen LogP contribution is -2.28. The average molecular weight is 454 g/mol. The van der Waals surface area contributed by atoms with Crippen LogP contribution < -0.4 is 5.32 Å². The zero-order chi connectivity index (χ0) is 22.8. The quantitative estimate of drug-likeness (QED) is 0.152. The van der Waals surface area contributed by atoms with Crippen LogP contribution in [0.3, 0.4) is 0 Å². The molecule has 1 aromatic rings. The fraction of sp³-hybridized carbons (Fsp3) is 0.720. The molecule has 0 aliphatic rings. The molecule has 0 fully saturated rings. The van der Waals surface area contributed by atoms with Gasteiger partial charge in [0.25, 0.3) is 0 Å². The summed E-state index contributed by atoms with van der Waals surface area (Å²) in [7, 11) is -4.46. The molecule has 3 N–H and O–H groups in total. The molecule has 5 nitrogen and oxygen atoms in total. The lowest BCUT2D eigenvalue weighted by atomic mass is 10.0. The molecule has 0 saturated carbocycles. The molecule has 0 bridgehead atoms. The zero-order valence-electron chi connectivity index (χ0n) is 19.4. The largest absolute Gasteiger partial charge is 0.352 e. The number of benzene rings is 1. The average Bonchev–Trinajstić information content (AvgIpc) is 2.74. The summed E-state index contributed by atoms with van der Waals surface area (Å²) in [6.07, 6.45) is 19.3. The zero-order valence-corrected chi connectivity index (χ0v) is 20.3. The highest BCUT2D eigenvalue weighted by Gasteiger charge is 2.31. The second-order valence-electron chi connectivity index (χ2n) is 8.67. The van der Waals surface area contributed by atoms with Gasteiger partial charge in [0.15, 0.2) is 5.78 Å². The molecule has 0 aliphatic carbocycles. The molecule has 6 heteroatoms. The first-order valence-corrected chi connectivity index (χ1v) is 14.0. The highest BCUT2D eigenvalue weighted by Crippen LogP contribution is 2.49. The fourth-order valence-corrected chi connectivity index (χ4v) is 4.75. The van der Waals surface area contributed by atoms with Crippen LogP contribution in [0.2, 0.25) is 0 Å². The summed E-state index contributed by atoms with van der Waals surface area (Å²) in [6, 6.07) is 8.44. The number of carbonyl (C=O) groups excluding carboxylic acids is 1. The van der Waals surface area contributed by atoms with Gasteiger partial charge < -0.3 is 15.1 Å². The first-order chi connectivity index (χ1) is 14.9.